The molecule has 1 N–H and O–H groups in total. The van der Waals surface area contributed by atoms with Crippen LogP contribution in [0, 0.1) is 0 Å². The van der Waals surface area contributed by atoms with Gasteiger partial charge in [0.2, 0.25) is 5.91 Å². The molecule has 0 heterocycles. The topological polar surface area (TPSA) is 38.3 Å². The fourth-order valence-electron chi connectivity index (χ4n) is 1.65. The monoisotopic (exact) mass is 275 g/mol. The van der Waals surface area contributed by atoms with Crippen LogP contribution < -0.4 is 10.1 Å². The summed E-state index contributed by atoms with van der Waals surface area (Å²) in [6.45, 7) is 0. The predicted molar refractivity (Wildman–Crippen MR) is 76.7 cm³/mol. The van der Waals surface area contributed by atoms with E-state index in [-0.39, 0.29) is 5.91 Å². The summed E-state index contributed by atoms with van der Waals surface area (Å²) in [5, 5.41) is 2.06. The molecule has 0 saturated heterocycles. The molecule has 2 aromatic carbocycles. The van der Waals surface area contributed by atoms with E-state index in [1.54, 1.807) is 31.4 Å². The van der Waals surface area contributed by atoms with Crippen molar-refractivity contribution in [3.8, 4) is 5.75 Å². The average molecular weight is 276 g/mol. The molecule has 19 heavy (non-hydrogen) atoms. The van der Waals surface area contributed by atoms with Crippen molar-refractivity contribution in [2.45, 2.75) is 5.38 Å². The molecule has 98 valence electrons. The molecule has 0 aromatic heterocycles. The molecule has 0 radical (unpaired) electrons. The number of rotatable bonds is 4. The SMILES string of the molecule is COc1ccc(NC(=O)[C@@H](Cl)c2ccccc2)cc1. The zero-order valence-corrected chi connectivity index (χ0v) is 11.2. The van der Waals surface area contributed by atoms with Crippen LogP contribution in [0.4, 0.5) is 5.69 Å². The van der Waals surface area contributed by atoms with Crippen LogP contribution >= 0.6 is 11.6 Å². The number of ether oxygens (including phenoxy) is 1. The smallest absolute Gasteiger partial charge is 0.246 e. The third kappa shape index (κ3) is 3.48. The molecule has 2 aromatic rings. The highest BCUT2D eigenvalue weighted by Gasteiger charge is 2.17. The molecule has 0 bridgehead atoms. The van der Waals surface area contributed by atoms with E-state index in [4.69, 9.17) is 16.3 Å². The normalized spacial score (nSPS) is 11.7. The summed E-state index contributed by atoms with van der Waals surface area (Å²) in [5.41, 5.74) is 1.46. The highest BCUT2D eigenvalue weighted by Crippen LogP contribution is 2.23. The molecule has 0 aliphatic heterocycles. The minimum Gasteiger partial charge on any atom is -0.497 e. The summed E-state index contributed by atoms with van der Waals surface area (Å²) >= 11 is 6.13. The van der Waals surface area contributed by atoms with Gasteiger partial charge in [0.1, 0.15) is 11.1 Å². The fourth-order valence-corrected chi connectivity index (χ4v) is 1.85. The Hall–Kier alpha value is -2.00. The van der Waals surface area contributed by atoms with Crippen LogP contribution in [0.15, 0.2) is 54.6 Å². The molecule has 0 fully saturated rings. The molecule has 0 spiro atoms. The summed E-state index contributed by atoms with van der Waals surface area (Å²) in [7, 11) is 1.60. The minimum absolute atomic E-state index is 0.252. The number of carbonyl (C=O) groups excluding carboxylic acids is 1. The minimum atomic E-state index is -0.705. The first-order valence-corrected chi connectivity index (χ1v) is 6.28. The van der Waals surface area contributed by atoms with E-state index in [2.05, 4.69) is 5.32 Å². The number of methoxy groups -OCH3 is 1. The Morgan fingerprint density at radius 1 is 1.11 bits per heavy atom. The van der Waals surface area contributed by atoms with E-state index in [0.717, 1.165) is 11.3 Å². The molecule has 0 aliphatic rings. The van der Waals surface area contributed by atoms with E-state index in [9.17, 15) is 4.79 Å². The van der Waals surface area contributed by atoms with Crippen molar-refractivity contribution in [3.05, 3.63) is 60.2 Å². The molecular weight excluding hydrogens is 262 g/mol. The maximum Gasteiger partial charge on any atom is 0.246 e. The van der Waals surface area contributed by atoms with Crippen LogP contribution in [-0.4, -0.2) is 13.0 Å². The van der Waals surface area contributed by atoms with Crippen LogP contribution in [0.2, 0.25) is 0 Å². The van der Waals surface area contributed by atoms with Gasteiger partial charge >= 0.3 is 0 Å². The number of benzene rings is 2. The van der Waals surface area contributed by atoms with Crippen LogP contribution in [0.3, 0.4) is 0 Å². The van der Waals surface area contributed by atoms with Crippen molar-refractivity contribution in [2.75, 3.05) is 12.4 Å². The van der Waals surface area contributed by atoms with Crippen LogP contribution in [0.25, 0.3) is 0 Å². The maximum absolute atomic E-state index is 12.0. The largest absolute Gasteiger partial charge is 0.497 e. The quantitative estimate of drug-likeness (QED) is 0.866. The highest BCUT2D eigenvalue weighted by molar-refractivity contribution is 6.32. The maximum atomic E-state index is 12.0. The van der Waals surface area contributed by atoms with Gasteiger partial charge in [0, 0.05) is 5.69 Å². The van der Waals surface area contributed by atoms with Gasteiger partial charge in [-0.1, -0.05) is 30.3 Å². The van der Waals surface area contributed by atoms with Gasteiger partial charge in [0.25, 0.3) is 0 Å². The first kappa shape index (κ1) is 13.4. The van der Waals surface area contributed by atoms with Gasteiger partial charge in [-0.05, 0) is 29.8 Å². The number of anilines is 1. The second-order valence-corrected chi connectivity index (χ2v) is 4.43. The number of hydrogen-bond donors (Lipinski definition) is 1. The number of alkyl halides is 1. The lowest BCUT2D eigenvalue weighted by atomic mass is 10.1. The second kappa shape index (κ2) is 6.25. The summed E-state index contributed by atoms with van der Waals surface area (Å²) in [6, 6.07) is 16.3. The number of hydrogen-bond acceptors (Lipinski definition) is 2. The van der Waals surface area contributed by atoms with Crippen LogP contribution in [0.5, 0.6) is 5.75 Å². The third-order valence-electron chi connectivity index (χ3n) is 2.68. The average Bonchev–Trinajstić information content (AvgIpc) is 2.48. The van der Waals surface area contributed by atoms with Crippen molar-refractivity contribution in [2.24, 2.45) is 0 Å². The van der Waals surface area contributed by atoms with E-state index >= 15 is 0 Å². The van der Waals surface area contributed by atoms with Gasteiger partial charge in [-0.25, -0.2) is 0 Å². The zero-order chi connectivity index (χ0) is 13.7. The van der Waals surface area contributed by atoms with E-state index < -0.39 is 5.38 Å². The van der Waals surface area contributed by atoms with Crippen molar-refractivity contribution in [3.63, 3.8) is 0 Å². The molecule has 1 atom stereocenters. The van der Waals surface area contributed by atoms with Gasteiger partial charge in [-0.15, -0.1) is 11.6 Å². The summed E-state index contributed by atoms with van der Waals surface area (Å²) in [5.74, 6) is 0.488. The van der Waals surface area contributed by atoms with Gasteiger partial charge < -0.3 is 10.1 Å². The summed E-state index contributed by atoms with van der Waals surface area (Å²) in [4.78, 5) is 12.0. The summed E-state index contributed by atoms with van der Waals surface area (Å²) < 4.78 is 5.05. The molecule has 4 heteroatoms. The van der Waals surface area contributed by atoms with Gasteiger partial charge in [0.05, 0.1) is 7.11 Å². The number of amides is 1. The lowest BCUT2D eigenvalue weighted by Crippen LogP contribution is -2.17. The summed E-state index contributed by atoms with van der Waals surface area (Å²) in [6.07, 6.45) is 0. The number of nitrogens with one attached hydrogen (secondary N) is 1. The van der Waals surface area contributed by atoms with E-state index in [1.807, 2.05) is 30.3 Å². The molecular formula is C15H14ClNO2. The molecule has 0 saturated carbocycles. The Balaban J connectivity index is 2.04. The van der Waals surface area contributed by atoms with Crippen molar-refractivity contribution >= 4 is 23.2 Å². The molecule has 1 amide bonds. The van der Waals surface area contributed by atoms with Crippen molar-refractivity contribution in [1.29, 1.82) is 0 Å². The predicted octanol–water partition coefficient (Wildman–Crippen LogP) is 3.61. The van der Waals surface area contributed by atoms with Gasteiger partial charge in [-0.2, -0.15) is 0 Å². The van der Waals surface area contributed by atoms with E-state index in [1.165, 1.54) is 0 Å². The molecule has 2 rings (SSSR count). The lowest BCUT2D eigenvalue weighted by molar-refractivity contribution is -0.116. The molecule has 0 unspecified atom stereocenters. The van der Waals surface area contributed by atoms with Gasteiger partial charge in [0.15, 0.2) is 0 Å². The Morgan fingerprint density at radius 3 is 2.32 bits per heavy atom. The standard InChI is InChI=1S/C15H14ClNO2/c1-19-13-9-7-12(8-10-13)17-15(18)14(16)11-5-3-2-4-6-11/h2-10,14H,1H3,(H,17,18)/t14-/m0/s1. The first-order valence-electron chi connectivity index (χ1n) is 5.84. The van der Waals surface area contributed by atoms with Crippen molar-refractivity contribution < 1.29 is 9.53 Å². The first-order chi connectivity index (χ1) is 9.20. The molecule has 3 nitrogen and oxygen atoms in total. The van der Waals surface area contributed by atoms with Gasteiger partial charge in [-0.3, -0.25) is 4.79 Å². The molecule has 0 aliphatic carbocycles. The Morgan fingerprint density at radius 2 is 1.74 bits per heavy atom. The Kier molecular flexibility index (Phi) is 4.42. The number of carbonyl (C=O) groups is 1. The fraction of sp³-hybridized carbons (Fsp3) is 0.133. The number of halogens is 1. The third-order valence-corrected chi connectivity index (χ3v) is 3.13. The highest BCUT2D eigenvalue weighted by atomic mass is 35.5. The Bertz CT molecular complexity index is 540. The van der Waals surface area contributed by atoms with Crippen LogP contribution in [0.1, 0.15) is 10.9 Å². The lowest BCUT2D eigenvalue weighted by Gasteiger charge is -2.11. The Labute approximate surface area is 117 Å². The van der Waals surface area contributed by atoms with Crippen molar-refractivity contribution in [1.82, 2.24) is 0 Å². The second-order valence-electron chi connectivity index (χ2n) is 3.99. The zero-order valence-electron chi connectivity index (χ0n) is 10.5. The van der Waals surface area contributed by atoms with E-state index in [0.29, 0.717) is 5.69 Å². The van der Waals surface area contributed by atoms with Crippen LogP contribution in [-0.2, 0) is 4.79 Å².